The highest BCUT2D eigenvalue weighted by molar-refractivity contribution is 5.16. The summed E-state index contributed by atoms with van der Waals surface area (Å²) in [6.07, 6.45) is 7.61. The van der Waals surface area contributed by atoms with E-state index in [-0.39, 0.29) is 0 Å². The molecule has 3 heteroatoms. The van der Waals surface area contributed by atoms with Gasteiger partial charge in [-0.3, -0.25) is 0 Å². The van der Waals surface area contributed by atoms with Crippen LogP contribution in [0.1, 0.15) is 12.8 Å². The maximum atomic E-state index is 5.55. The van der Waals surface area contributed by atoms with Gasteiger partial charge in [0, 0.05) is 18.9 Å². The Bertz CT molecular complexity index is 227. The summed E-state index contributed by atoms with van der Waals surface area (Å²) < 4.78 is 1.93. The van der Waals surface area contributed by atoms with E-state index in [1.165, 1.54) is 0 Å². The van der Waals surface area contributed by atoms with Gasteiger partial charge in [0.2, 0.25) is 0 Å². The van der Waals surface area contributed by atoms with Gasteiger partial charge in [0.1, 0.15) is 0 Å². The van der Waals surface area contributed by atoms with Gasteiger partial charge in [-0.2, -0.15) is 0 Å². The molecule has 0 aromatic carbocycles. The Morgan fingerprint density at radius 3 is 3.09 bits per heavy atom. The molecule has 0 radical (unpaired) electrons. The second-order valence-corrected chi connectivity index (χ2v) is 2.41. The van der Waals surface area contributed by atoms with Gasteiger partial charge < -0.3 is 10.3 Å². The van der Waals surface area contributed by atoms with Crippen LogP contribution >= 0.6 is 0 Å². The molecule has 0 aliphatic carbocycles. The van der Waals surface area contributed by atoms with Crippen molar-refractivity contribution < 1.29 is 0 Å². The predicted molar refractivity (Wildman–Crippen MR) is 46.1 cm³/mol. The minimum atomic E-state index is 0.592. The number of allylic oxidation sites excluding steroid dienone is 1. The summed E-state index contributed by atoms with van der Waals surface area (Å²) in [5, 5.41) is 0. The van der Waals surface area contributed by atoms with Crippen molar-refractivity contribution >= 4 is 5.95 Å². The lowest BCUT2D eigenvalue weighted by Gasteiger charge is -2.01. The molecule has 0 saturated carbocycles. The summed E-state index contributed by atoms with van der Waals surface area (Å²) in [4.78, 5) is 3.91. The number of nitrogens with zero attached hydrogens (tertiary/aromatic N) is 2. The van der Waals surface area contributed by atoms with Gasteiger partial charge >= 0.3 is 0 Å². The zero-order chi connectivity index (χ0) is 8.10. The smallest absolute Gasteiger partial charge is 0.200 e. The first-order chi connectivity index (χ1) is 5.34. The van der Waals surface area contributed by atoms with E-state index < -0.39 is 0 Å². The quantitative estimate of drug-likeness (QED) is 0.522. The van der Waals surface area contributed by atoms with Crippen molar-refractivity contribution in [2.75, 3.05) is 5.73 Å². The van der Waals surface area contributed by atoms with Crippen molar-refractivity contribution in [3.8, 4) is 0 Å². The van der Waals surface area contributed by atoms with Gasteiger partial charge in [-0.15, -0.1) is 6.58 Å². The van der Waals surface area contributed by atoms with E-state index in [1.807, 2.05) is 16.8 Å². The lowest BCUT2D eigenvalue weighted by Crippen LogP contribution is -2.01. The van der Waals surface area contributed by atoms with Gasteiger partial charge in [0.05, 0.1) is 0 Å². The normalized spacial score (nSPS) is 9.82. The molecule has 0 saturated heterocycles. The van der Waals surface area contributed by atoms with E-state index in [0.717, 1.165) is 19.4 Å². The fourth-order valence-corrected chi connectivity index (χ4v) is 0.936. The largest absolute Gasteiger partial charge is 0.369 e. The molecule has 0 atom stereocenters. The molecule has 1 aromatic heterocycles. The first kappa shape index (κ1) is 7.85. The number of aryl methyl sites for hydroxylation is 1. The molecule has 0 aliphatic heterocycles. The van der Waals surface area contributed by atoms with E-state index in [4.69, 9.17) is 5.73 Å². The number of hydrogen-bond donors (Lipinski definition) is 1. The molecular formula is C8H13N3. The van der Waals surface area contributed by atoms with Crippen molar-refractivity contribution in [2.45, 2.75) is 19.4 Å². The van der Waals surface area contributed by atoms with Gasteiger partial charge in [-0.1, -0.05) is 6.08 Å². The SMILES string of the molecule is C=CCCCn1ccnc1N. The van der Waals surface area contributed by atoms with E-state index >= 15 is 0 Å². The van der Waals surface area contributed by atoms with E-state index in [9.17, 15) is 0 Å². The van der Waals surface area contributed by atoms with Crippen molar-refractivity contribution in [1.82, 2.24) is 9.55 Å². The summed E-state index contributed by atoms with van der Waals surface area (Å²) in [7, 11) is 0. The Labute approximate surface area is 66.5 Å². The fourth-order valence-electron chi connectivity index (χ4n) is 0.936. The lowest BCUT2D eigenvalue weighted by molar-refractivity contribution is 0.658. The number of rotatable bonds is 4. The van der Waals surface area contributed by atoms with Crippen LogP contribution in [0.4, 0.5) is 5.95 Å². The molecule has 0 unspecified atom stereocenters. The molecule has 11 heavy (non-hydrogen) atoms. The minimum absolute atomic E-state index is 0.592. The number of hydrogen-bond acceptors (Lipinski definition) is 2. The molecule has 1 rings (SSSR count). The average Bonchev–Trinajstić information content (AvgIpc) is 2.37. The Balaban J connectivity index is 2.38. The second kappa shape index (κ2) is 3.81. The van der Waals surface area contributed by atoms with Crippen LogP contribution in [-0.2, 0) is 6.54 Å². The highest BCUT2D eigenvalue weighted by Gasteiger charge is 1.94. The maximum Gasteiger partial charge on any atom is 0.200 e. The molecule has 1 heterocycles. The third-order valence-electron chi connectivity index (χ3n) is 1.55. The summed E-state index contributed by atoms with van der Waals surface area (Å²) in [5.41, 5.74) is 5.55. The Kier molecular flexibility index (Phi) is 2.72. The molecule has 0 bridgehead atoms. The van der Waals surface area contributed by atoms with Crippen molar-refractivity contribution in [3.05, 3.63) is 25.0 Å². The molecule has 0 fully saturated rings. The van der Waals surface area contributed by atoms with Gasteiger partial charge in [-0.25, -0.2) is 4.98 Å². The summed E-state index contributed by atoms with van der Waals surface area (Å²) >= 11 is 0. The summed E-state index contributed by atoms with van der Waals surface area (Å²) in [6, 6.07) is 0. The number of unbranched alkanes of at least 4 members (excludes halogenated alkanes) is 1. The first-order valence-corrected chi connectivity index (χ1v) is 3.72. The number of anilines is 1. The Morgan fingerprint density at radius 2 is 2.55 bits per heavy atom. The number of imidazole rings is 1. The molecule has 0 amide bonds. The van der Waals surface area contributed by atoms with Crippen LogP contribution in [0.25, 0.3) is 0 Å². The van der Waals surface area contributed by atoms with Crippen LogP contribution in [-0.4, -0.2) is 9.55 Å². The standard InChI is InChI=1S/C8H13N3/c1-2-3-4-6-11-7-5-10-8(11)9/h2,5,7H,1,3-4,6H2,(H2,9,10). The first-order valence-electron chi connectivity index (χ1n) is 3.72. The van der Waals surface area contributed by atoms with Crippen LogP contribution < -0.4 is 5.73 Å². The predicted octanol–water partition coefficient (Wildman–Crippen LogP) is 1.43. The van der Waals surface area contributed by atoms with Crippen LogP contribution in [0, 0.1) is 0 Å². The van der Waals surface area contributed by atoms with Crippen molar-refractivity contribution in [1.29, 1.82) is 0 Å². The van der Waals surface area contributed by atoms with E-state index in [1.54, 1.807) is 6.20 Å². The van der Waals surface area contributed by atoms with Gasteiger partial charge in [0.25, 0.3) is 0 Å². The molecule has 60 valence electrons. The second-order valence-electron chi connectivity index (χ2n) is 2.41. The fraction of sp³-hybridized carbons (Fsp3) is 0.375. The van der Waals surface area contributed by atoms with E-state index in [2.05, 4.69) is 11.6 Å². The van der Waals surface area contributed by atoms with E-state index in [0.29, 0.717) is 5.95 Å². The molecule has 0 aliphatic rings. The molecule has 2 N–H and O–H groups in total. The lowest BCUT2D eigenvalue weighted by atomic mass is 10.3. The molecule has 0 spiro atoms. The molecule has 1 aromatic rings. The molecular weight excluding hydrogens is 138 g/mol. The molecule has 3 nitrogen and oxygen atoms in total. The minimum Gasteiger partial charge on any atom is -0.369 e. The Hall–Kier alpha value is -1.25. The van der Waals surface area contributed by atoms with Crippen LogP contribution in [0.5, 0.6) is 0 Å². The zero-order valence-corrected chi connectivity index (χ0v) is 6.53. The topological polar surface area (TPSA) is 43.8 Å². The van der Waals surface area contributed by atoms with Gasteiger partial charge in [0.15, 0.2) is 5.95 Å². The summed E-state index contributed by atoms with van der Waals surface area (Å²) in [6.45, 7) is 4.57. The number of aromatic nitrogens is 2. The third-order valence-corrected chi connectivity index (χ3v) is 1.55. The van der Waals surface area contributed by atoms with Crippen molar-refractivity contribution in [2.24, 2.45) is 0 Å². The van der Waals surface area contributed by atoms with Crippen LogP contribution in [0.3, 0.4) is 0 Å². The highest BCUT2D eigenvalue weighted by atomic mass is 15.1. The van der Waals surface area contributed by atoms with Crippen LogP contribution in [0.2, 0.25) is 0 Å². The monoisotopic (exact) mass is 151 g/mol. The summed E-state index contributed by atoms with van der Waals surface area (Å²) in [5.74, 6) is 0.592. The van der Waals surface area contributed by atoms with Gasteiger partial charge in [-0.05, 0) is 12.8 Å². The highest BCUT2D eigenvalue weighted by Crippen LogP contribution is 2.01. The number of nitrogens with two attached hydrogens (primary N) is 1. The third kappa shape index (κ3) is 2.11. The number of nitrogen functional groups attached to an aromatic ring is 1. The maximum absolute atomic E-state index is 5.55. The van der Waals surface area contributed by atoms with Crippen molar-refractivity contribution in [3.63, 3.8) is 0 Å². The Morgan fingerprint density at radius 1 is 1.73 bits per heavy atom. The van der Waals surface area contributed by atoms with Crippen LogP contribution in [0.15, 0.2) is 25.0 Å². The average molecular weight is 151 g/mol. The zero-order valence-electron chi connectivity index (χ0n) is 6.53.